The lowest BCUT2D eigenvalue weighted by atomic mass is 9.85. The Balaban J connectivity index is 1.24. The van der Waals surface area contributed by atoms with Gasteiger partial charge in [0.1, 0.15) is 0 Å². The highest BCUT2D eigenvalue weighted by molar-refractivity contribution is 6.43. The number of carbonyl (C=O) groups excluding carboxylic acids is 6. The van der Waals surface area contributed by atoms with Gasteiger partial charge < -0.3 is 0 Å². The number of carbonyl (C=O) groups is 6. The predicted octanol–water partition coefficient (Wildman–Crippen LogP) is 6.90. The van der Waals surface area contributed by atoms with Crippen molar-refractivity contribution in [1.82, 2.24) is 0 Å². The third kappa shape index (κ3) is 4.16. The fraction of sp³-hybridized carbons (Fsp3) is 0. The summed E-state index contributed by atoms with van der Waals surface area (Å²) in [6, 6.07) is 35.8. The van der Waals surface area contributed by atoms with Crippen molar-refractivity contribution >= 4 is 57.3 Å². The molecule has 2 heterocycles. The van der Waals surface area contributed by atoms with Gasteiger partial charge in [0.2, 0.25) is 0 Å². The summed E-state index contributed by atoms with van der Waals surface area (Å²) in [5.74, 6) is -3.47. The van der Waals surface area contributed by atoms with Gasteiger partial charge in [-0.2, -0.15) is 0 Å². The number of ketones is 2. The molecule has 228 valence electrons. The van der Waals surface area contributed by atoms with Gasteiger partial charge in [-0.3, -0.25) is 28.8 Å². The van der Waals surface area contributed by atoms with Gasteiger partial charge in [0, 0.05) is 55.3 Å². The number of para-hydroxylation sites is 2. The molecule has 0 fully saturated rings. The minimum atomic E-state index is -0.689. The quantitative estimate of drug-likeness (QED) is 0.147. The summed E-state index contributed by atoms with van der Waals surface area (Å²) in [6.45, 7) is 0. The van der Waals surface area contributed by atoms with E-state index in [9.17, 15) is 28.8 Å². The number of amides is 4. The maximum atomic E-state index is 14.1. The van der Waals surface area contributed by atoms with E-state index in [1.54, 1.807) is 109 Å². The van der Waals surface area contributed by atoms with E-state index in [2.05, 4.69) is 0 Å². The van der Waals surface area contributed by atoms with Gasteiger partial charge in [0.25, 0.3) is 23.6 Å². The third-order valence-electron chi connectivity index (χ3n) is 8.75. The van der Waals surface area contributed by atoms with Crippen molar-refractivity contribution in [2.24, 2.45) is 0 Å². The van der Waals surface area contributed by atoms with Gasteiger partial charge in [-0.05, 0) is 48.5 Å². The Kier molecular flexibility index (Phi) is 6.52. The van der Waals surface area contributed by atoms with E-state index in [0.717, 1.165) is 9.80 Å². The maximum Gasteiger partial charge on any atom is 0.266 e. The molecule has 0 saturated carbocycles. The Morgan fingerprint density at radius 1 is 0.354 bits per heavy atom. The monoisotopic (exact) mass is 626 g/mol. The molecule has 6 aromatic carbocycles. The molecule has 2 aliphatic rings. The van der Waals surface area contributed by atoms with Crippen molar-refractivity contribution in [3.63, 3.8) is 0 Å². The van der Waals surface area contributed by atoms with Crippen molar-refractivity contribution in [3.05, 3.63) is 178 Å². The second-order valence-corrected chi connectivity index (χ2v) is 11.4. The summed E-state index contributed by atoms with van der Waals surface area (Å²) in [4.78, 5) is 85.5. The van der Waals surface area contributed by atoms with E-state index in [-0.39, 0.29) is 67.1 Å². The first kappa shape index (κ1) is 28.7. The first-order valence-corrected chi connectivity index (χ1v) is 15.1. The summed E-state index contributed by atoms with van der Waals surface area (Å²) in [7, 11) is 0. The number of benzene rings is 6. The zero-order chi connectivity index (χ0) is 33.1. The molecule has 8 rings (SSSR count). The average Bonchev–Trinajstić information content (AvgIpc) is 3.13. The number of hydrogen-bond acceptors (Lipinski definition) is 6. The van der Waals surface area contributed by atoms with Crippen LogP contribution in [0.5, 0.6) is 0 Å². The largest absolute Gasteiger partial charge is 0.289 e. The lowest BCUT2D eigenvalue weighted by molar-refractivity contribution is 0.0872. The number of hydrogen-bond donors (Lipinski definition) is 0. The van der Waals surface area contributed by atoms with E-state index in [1.807, 2.05) is 0 Å². The van der Waals surface area contributed by atoms with Crippen molar-refractivity contribution in [2.75, 3.05) is 9.80 Å². The Morgan fingerprint density at radius 2 is 0.646 bits per heavy atom. The Morgan fingerprint density at radius 3 is 0.979 bits per heavy atom. The van der Waals surface area contributed by atoms with Crippen molar-refractivity contribution in [2.45, 2.75) is 0 Å². The zero-order valence-corrected chi connectivity index (χ0v) is 25.0. The van der Waals surface area contributed by atoms with Gasteiger partial charge >= 0.3 is 0 Å². The molecule has 48 heavy (non-hydrogen) atoms. The van der Waals surface area contributed by atoms with E-state index >= 15 is 0 Å². The summed E-state index contributed by atoms with van der Waals surface area (Å²) >= 11 is 0. The second kappa shape index (κ2) is 10.9. The highest BCUT2D eigenvalue weighted by Crippen LogP contribution is 2.41. The van der Waals surface area contributed by atoms with Crippen LogP contribution in [0.2, 0.25) is 0 Å². The molecule has 2 aliphatic heterocycles. The van der Waals surface area contributed by atoms with Crippen LogP contribution in [0.15, 0.2) is 133 Å². The van der Waals surface area contributed by atoms with E-state index in [4.69, 9.17) is 0 Å². The smallest absolute Gasteiger partial charge is 0.266 e. The van der Waals surface area contributed by atoms with Gasteiger partial charge in [-0.25, -0.2) is 9.80 Å². The normalized spacial score (nSPS) is 13.7. The van der Waals surface area contributed by atoms with Crippen LogP contribution < -0.4 is 9.80 Å². The highest BCUT2D eigenvalue weighted by Gasteiger charge is 2.42. The standard InChI is InChI=1S/C40H22N2O6/c43-35(23-11-3-1-4-12-23)25-15-7-9-17-31(25)41-37(45)27-19-21-29-34-30(22-20-28(33(27)34)38(41)46)40(48)42(39(29)47)32-18-10-8-16-26(32)36(44)24-13-5-2-6-14-24/h1-22H. The molecule has 0 N–H and O–H groups in total. The number of anilines is 2. The second-order valence-electron chi connectivity index (χ2n) is 11.4. The molecule has 0 atom stereocenters. The van der Waals surface area contributed by atoms with Crippen LogP contribution in [0.1, 0.15) is 73.3 Å². The van der Waals surface area contributed by atoms with E-state index in [0.29, 0.717) is 11.1 Å². The molecule has 0 radical (unpaired) electrons. The van der Waals surface area contributed by atoms with Crippen LogP contribution in [0.3, 0.4) is 0 Å². The summed E-state index contributed by atoms with van der Waals surface area (Å²) in [6.07, 6.45) is 0. The average molecular weight is 627 g/mol. The number of rotatable bonds is 6. The summed E-state index contributed by atoms with van der Waals surface area (Å²) in [5.41, 5.74) is 1.83. The predicted molar refractivity (Wildman–Crippen MR) is 179 cm³/mol. The van der Waals surface area contributed by atoms with Gasteiger partial charge in [-0.1, -0.05) is 84.9 Å². The summed E-state index contributed by atoms with van der Waals surface area (Å²) in [5, 5.41) is 0.385. The SMILES string of the molecule is O=C(c1ccccc1)c1ccccc1N1C(=O)c2ccc3c4c(ccc(c24)C1=O)C(=O)N(c1ccccc1C(=O)c1ccccc1)C3=O. The van der Waals surface area contributed by atoms with Crippen molar-refractivity contribution in [1.29, 1.82) is 0 Å². The van der Waals surface area contributed by atoms with Crippen LogP contribution >= 0.6 is 0 Å². The molecule has 0 bridgehead atoms. The van der Waals surface area contributed by atoms with Gasteiger partial charge in [0.15, 0.2) is 11.6 Å². The molecule has 4 amide bonds. The summed E-state index contributed by atoms with van der Waals surface area (Å²) < 4.78 is 0. The number of nitrogens with zero attached hydrogens (tertiary/aromatic N) is 2. The molecule has 0 aromatic heterocycles. The lowest BCUT2D eigenvalue weighted by Crippen LogP contribution is -2.44. The first-order valence-electron chi connectivity index (χ1n) is 15.1. The van der Waals surface area contributed by atoms with E-state index < -0.39 is 23.6 Å². The highest BCUT2D eigenvalue weighted by atomic mass is 16.2. The maximum absolute atomic E-state index is 14.1. The topological polar surface area (TPSA) is 109 Å². The third-order valence-corrected chi connectivity index (χ3v) is 8.75. The Hall–Kier alpha value is -6.80. The van der Waals surface area contributed by atoms with Gasteiger partial charge in [-0.15, -0.1) is 0 Å². The molecule has 8 heteroatoms. The van der Waals surface area contributed by atoms with Crippen LogP contribution in [0.25, 0.3) is 10.8 Å². The fourth-order valence-electron chi connectivity index (χ4n) is 6.52. The Labute approximate surface area is 273 Å². The minimum absolute atomic E-state index is 0.112. The van der Waals surface area contributed by atoms with Crippen LogP contribution in [0, 0.1) is 0 Å². The van der Waals surface area contributed by atoms with Crippen molar-refractivity contribution < 1.29 is 28.8 Å². The molecule has 0 spiro atoms. The van der Waals surface area contributed by atoms with E-state index in [1.165, 1.54) is 24.3 Å². The Bertz CT molecular complexity index is 2180. The van der Waals surface area contributed by atoms with Crippen LogP contribution in [0.4, 0.5) is 11.4 Å². The molecular weight excluding hydrogens is 604 g/mol. The molecule has 0 unspecified atom stereocenters. The molecule has 6 aromatic rings. The van der Waals surface area contributed by atoms with Crippen LogP contribution in [-0.4, -0.2) is 35.2 Å². The first-order chi connectivity index (χ1) is 23.4. The lowest BCUT2D eigenvalue weighted by Gasteiger charge is -2.32. The fourth-order valence-corrected chi connectivity index (χ4v) is 6.52. The minimum Gasteiger partial charge on any atom is -0.289 e. The molecule has 8 nitrogen and oxygen atoms in total. The molecule has 0 saturated heterocycles. The molecular formula is C40H22N2O6. The van der Waals surface area contributed by atoms with Crippen molar-refractivity contribution in [3.8, 4) is 0 Å². The molecule has 0 aliphatic carbocycles. The zero-order valence-electron chi connectivity index (χ0n) is 25.0. The van der Waals surface area contributed by atoms with Crippen LogP contribution in [-0.2, 0) is 0 Å². The van der Waals surface area contributed by atoms with Gasteiger partial charge in [0.05, 0.1) is 11.4 Å². The number of imide groups is 2.